The van der Waals surface area contributed by atoms with Crippen LogP contribution in [-0.2, 0) is 21.2 Å². The van der Waals surface area contributed by atoms with E-state index in [1.54, 1.807) is 10.4 Å². The van der Waals surface area contributed by atoms with Gasteiger partial charge in [0.2, 0.25) is 10.0 Å². The first-order valence-corrected chi connectivity index (χ1v) is 8.96. The molecule has 2 heterocycles. The molecule has 116 valence electrons. The molecule has 3 rings (SSSR count). The van der Waals surface area contributed by atoms with Crippen molar-refractivity contribution in [1.82, 2.24) is 4.31 Å². The van der Waals surface area contributed by atoms with Crippen LogP contribution < -0.4 is 5.32 Å². The number of hydrogen-bond acceptors (Lipinski definition) is 4. The molecule has 1 aromatic rings. The summed E-state index contributed by atoms with van der Waals surface area (Å²) in [4.78, 5) is 0.400. The highest BCUT2D eigenvalue weighted by Gasteiger charge is 2.35. The van der Waals surface area contributed by atoms with Gasteiger partial charge in [0.05, 0.1) is 17.6 Å². The van der Waals surface area contributed by atoms with E-state index in [2.05, 4.69) is 5.32 Å². The van der Waals surface area contributed by atoms with Gasteiger partial charge < -0.3 is 10.1 Å². The number of sulfonamides is 1. The number of rotatable bonds is 3. The number of ether oxygens (including phenoxy) is 1. The van der Waals surface area contributed by atoms with Gasteiger partial charge in [0, 0.05) is 24.8 Å². The van der Waals surface area contributed by atoms with Crippen LogP contribution in [0.25, 0.3) is 0 Å². The van der Waals surface area contributed by atoms with Crippen molar-refractivity contribution in [3.63, 3.8) is 0 Å². The molecule has 2 unspecified atom stereocenters. The number of nitrogens with one attached hydrogen (secondary N) is 1. The first-order chi connectivity index (χ1) is 10.0. The molecular weight excluding hydrogens is 288 g/mol. The van der Waals surface area contributed by atoms with E-state index in [1.807, 2.05) is 26.0 Å². The molecular formula is C15H22N2O3S. The molecule has 0 aliphatic carbocycles. The second-order valence-corrected chi connectivity index (χ2v) is 7.67. The maximum Gasteiger partial charge on any atom is 0.243 e. The highest BCUT2D eigenvalue weighted by molar-refractivity contribution is 7.89. The van der Waals surface area contributed by atoms with Gasteiger partial charge in [-0.15, -0.1) is 0 Å². The fraction of sp³-hybridized carbons (Fsp3) is 0.600. The molecule has 1 saturated heterocycles. The van der Waals surface area contributed by atoms with Crippen molar-refractivity contribution >= 4 is 15.7 Å². The molecule has 5 nitrogen and oxygen atoms in total. The number of nitrogens with zero attached hydrogens (tertiary/aromatic N) is 1. The van der Waals surface area contributed by atoms with Crippen LogP contribution in [0.1, 0.15) is 25.8 Å². The molecule has 1 fully saturated rings. The summed E-state index contributed by atoms with van der Waals surface area (Å²) >= 11 is 0. The highest BCUT2D eigenvalue weighted by atomic mass is 32.2. The Bertz CT molecular complexity index is 630. The van der Waals surface area contributed by atoms with Crippen molar-refractivity contribution in [2.24, 2.45) is 0 Å². The predicted octanol–water partition coefficient (Wildman–Crippen LogP) is 1.84. The summed E-state index contributed by atoms with van der Waals surface area (Å²) in [7, 11) is -3.45. The lowest BCUT2D eigenvalue weighted by Gasteiger charge is -2.37. The van der Waals surface area contributed by atoms with E-state index in [0.29, 0.717) is 18.0 Å². The predicted molar refractivity (Wildman–Crippen MR) is 82.0 cm³/mol. The van der Waals surface area contributed by atoms with E-state index < -0.39 is 10.0 Å². The molecule has 2 atom stereocenters. The molecule has 6 heteroatoms. The Labute approximate surface area is 126 Å². The second-order valence-electron chi connectivity index (χ2n) is 5.78. The summed E-state index contributed by atoms with van der Waals surface area (Å²) < 4.78 is 33.1. The van der Waals surface area contributed by atoms with Gasteiger partial charge in [-0.3, -0.25) is 0 Å². The zero-order valence-electron chi connectivity index (χ0n) is 12.5. The summed E-state index contributed by atoms with van der Waals surface area (Å²) in [5.74, 6) is 0. The molecule has 0 amide bonds. The molecule has 2 aliphatic rings. The van der Waals surface area contributed by atoms with Gasteiger partial charge in [-0.2, -0.15) is 4.31 Å². The standard InChI is InChI=1S/C15H22N2O3S/c1-3-13-10-20-11(2)9-17(13)21(18,19)14-4-5-15-12(8-14)6-7-16-15/h4-5,8,11,13,16H,3,6-7,9-10H2,1-2H3. The van der Waals surface area contributed by atoms with Crippen molar-refractivity contribution in [2.45, 2.75) is 43.7 Å². The Morgan fingerprint density at radius 1 is 1.43 bits per heavy atom. The van der Waals surface area contributed by atoms with E-state index in [9.17, 15) is 8.42 Å². The first-order valence-electron chi connectivity index (χ1n) is 7.52. The maximum absolute atomic E-state index is 13.0. The summed E-state index contributed by atoms with van der Waals surface area (Å²) in [5, 5.41) is 3.26. The summed E-state index contributed by atoms with van der Waals surface area (Å²) in [6.45, 7) is 5.70. The van der Waals surface area contributed by atoms with Gasteiger partial charge >= 0.3 is 0 Å². The molecule has 2 aliphatic heterocycles. The average Bonchev–Trinajstić information content (AvgIpc) is 2.94. The molecule has 0 saturated carbocycles. The van der Waals surface area contributed by atoms with Crippen molar-refractivity contribution < 1.29 is 13.2 Å². The number of morpholine rings is 1. The lowest BCUT2D eigenvalue weighted by molar-refractivity contribution is -0.0230. The fourth-order valence-corrected chi connectivity index (χ4v) is 4.82. The number of benzene rings is 1. The third-order valence-corrected chi connectivity index (χ3v) is 6.20. The Kier molecular flexibility index (Phi) is 3.94. The first kappa shape index (κ1) is 14.8. The summed E-state index contributed by atoms with van der Waals surface area (Å²) in [6, 6.07) is 5.33. The van der Waals surface area contributed by atoms with Crippen LogP contribution in [0.2, 0.25) is 0 Å². The monoisotopic (exact) mass is 310 g/mol. The minimum Gasteiger partial charge on any atom is -0.384 e. The number of fused-ring (bicyclic) bond motifs is 1. The van der Waals surface area contributed by atoms with Crippen LogP contribution in [0.4, 0.5) is 5.69 Å². The average molecular weight is 310 g/mol. The Morgan fingerprint density at radius 2 is 2.24 bits per heavy atom. The molecule has 0 spiro atoms. The van der Waals surface area contributed by atoms with Crippen molar-refractivity contribution in [1.29, 1.82) is 0 Å². The van der Waals surface area contributed by atoms with Crippen LogP contribution in [0.15, 0.2) is 23.1 Å². The number of anilines is 1. The largest absolute Gasteiger partial charge is 0.384 e. The zero-order chi connectivity index (χ0) is 15.0. The van der Waals surface area contributed by atoms with Crippen LogP contribution in [0.5, 0.6) is 0 Å². The van der Waals surface area contributed by atoms with Crippen molar-refractivity contribution in [3.05, 3.63) is 23.8 Å². The second kappa shape index (κ2) is 5.59. The minimum absolute atomic E-state index is 0.0568. The number of hydrogen-bond donors (Lipinski definition) is 1. The third-order valence-electron chi connectivity index (χ3n) is 4.28. The van der Waals surface area contributed by atoms with E-state index in [-0.39, 0.29) is 12.1 Å². The van der Waals surface area contributed by atoms with Gasteiger partial charge in [-0.25, -0.2) is 8.42 Å². The highest BCUT2D eigenvalue weighted by Crippen LogP contribution is 2.29. The Balaban J connectivity index is 1.95. The van der Waals surface area contributed by atoms with Crippen LogP contribution in [-0.4, -0.2) is 44.6 Å². The normalized spacial score (nSPS) is 26.4. The van der Waals surface area contributed by atoms with Gasteiger partial charge in [-0.05, 0) is 43.5 Å². The quantitative estimate of drug-likeness (QED) is 0.925. The van der Waals surface area contributed by atoms with Gasteiger partial charge in [-0.1, -0.05) is 6.92 Å². The lowest BCUT2D eigenvalue weighted by atomic mass is 10.2. The van der Waals surface area contributed by atoms with Gasteiger partial charge in [0.25, 0.3) is 0 Å². The maximum atomic E-state index is 13.0. The summed E-state index contributed by atoms with van der Waals surface area (Å²) in [6.07, 6.45) is 1.59. The molecule has 0 bridgehead atoms. The van der Waals surface area contributed by atoms with E-state index >= 15 is 0 Å². The minimum atomic E-state index is -3.45. The van der Waals surface area contributed by atoms with Gasteiger partial charge in [0.1, 0.15) is 0 Å². The zero-order valence-corrected chi connectivity index (χ0v) is 13.3. The van der Waals surface area contributed by atoms with Crippen LogP contribution in [0.3, 0.4) is 0 Å². The van der Waals surface area contributed by atoms with Gasteiger partial charge in [0.15, 0.2) is 0 Å². The fourth-order valence-electron chi connectivity index (χ4n) is 3.01. The van der Waals surface area contributed by atoms with Crippen molar-refractivity contribution in [2.75, 3.05) is 25.0 Å². The molecule has 0 radical (unpaired) electrons. The third kappa shape index (κ3) is 2.67. The molecule has 21 heavy (non-hydrogen) atoms. The molecule has 0 aromatic heterocycles. The van der Waals surface area contributed by atoms with Crippen LogP contribution >= 0.6 is 0 Å². The lowest BCUT2D eigenvalue weighted by Crippen LogP contribution is -2.51. The van der Waals surface area contributed by atoms with Crippen LogP contribution in [0, 0.1) is 0 Å². The SMILES string of the molecule is CCC1COC(C)CN1S(=O)(=O)c1ccc2c(c1)CCN2. The van der Waals surface area contributed by atoms with Crippen molar-refractivity contribution in [3.8, 4) is 0 Å². The van der Waals surface area contributed by atoms with E-state index in [4.69, 9.17) is 4.74 Å². The summed E-state index contributed by atoms with van der Waals surface area (Å²) in [5.41, 5.74) is 2.14. The Morgan fingerprint density at radius 3 is 3.00 bits per heavy atom. The molecule has 1 aromatic carbocycles. The van der Waals surface area contributed by atoms with E-state index in [0.717, 1.165) is 30.6 Å². The topological polar surface area (TPSA) is 58.6 Å². The Hall–Kier alpha value is -1.11. The molecule has 1 N–H and O–H groups in total. The smallest absolute Gasteiger partial charge is 0.243 e. The van der Waals surface area contributed by atoms with E-state index in [1.165, 1.54) is 0 Å².